The average molecular weight is 488 g/mol. The molecular weight excluding hydrogens is 449 g/mol. The van der Waals surface area contributed by atoms with Gasteiger partial charge in [0.05, 0.1) is 6.04 Å². The monoisotopic (exact) mass is 487 g/mol. The molecule has 2 aromatic rings. The summed E-state index contributed by atoms with van der Waals surface area (Å²) in [6.45, 7) is 3.06. The van der Waals surface area contributed by atoms with Crippen molar-refractivity contribution in [2.45, 2.75) is 82.8 Å². The van der Waals surface area contributed by atoms with Gasteiger partial charge in [-0.05, 0) is 50.8 Å². The molecule has 2 unspecified atom stereocenters. The van der Waals surface area contributed by atoms with E-state index in [4.69, 9.17) is 20.2 Å². The minimum absolute atomic E-state index is 0.00942. The number of nitrogens with zero attached hydrogens (tertiary/aromatic N) is 4. The maximum atomic E-state index is 15.0. The van der Waals surface area contributed by atoms with E-state index in [1.54, 1.807) is 6.07 Å². The molecule has 1 aromatic heterocycles. The first-order chi connectivity index (χ1) is 17.1. The number of aromatic nitrogens is 3. The van der Waals surface area contributed by atoms with Gasteiger partial charge in [-0.25, -0.2) is 4.39 Å². The van der Waals surface area contributed by atoms with Crippen molar-refractivity contribution in [1.29, 1.82) is 0 Å². The van der Waals surface area contributed by atoms with E-state index >= 15 is 0 Å². The van der Waals surface area contributed by atoms with Crippen LogP contribution in [0.3, 0.4) is 0 Å². The molecule has 4 rings (SSSR count). The smallest absolute Gasteiger partial charge is 0.236 e. The molecule has 4 N–H and O–H groups in total. The number of hydrogen-bond donors (Lipinski definition) is 3. The van der Waals surface area contributed by atoms with Gasteiger partial charge in [-0.1, -0.05) is 32.6 Å². The summed E-state index contributed by atoms with van der Waals surface area (Å²) in [7, 11) is 1.50. The van der Waals surface area contributed by atoms with Crippen molar-refractivity contribution in [3.8, 4) is 5.75 Å². The molecule has 0 bridgehead atoms. The van der Waals surface area contributed by atoms with Crippen LogP contribution in [0, 0.1) is 5.82 Å². The summed E-state index contributed by atoms with van der Waals surface area (Å²) in [5.41, 5.74) is 6.80. The first-order valence-electron chi connectivity index (χ1n) is 12.8. The van der Waals surface area contributed by atoms with Crippen LogP contribution < -0.4 is 26.0 Å². The first kappa shape index (κ1) is 25.4. The summed E-state index contributed by atoms with van der Waals surface area (Å²) >= 11 is 0. The van der Waals surface area contributed by atoms with Crippen LogP contribution in [0.5, 0.6) is 5.75 Å². The number of rotatable bonds is 10. The number of nitrogens with two attached hydrogens (primary N) is 1. The van der Waals surface area contributed by atoms with E-state index in [0.717, 1.165) is 38.6 Å². The van der Waals surface area contributed by atoms with Gasteiger partial charge in [0.15, 0.2) is 18.4 Å². The summed E-state index contributed by atoms with van der Waals surface area (Å²) in [5.74, 6) is 0.690. The lowest BCUT2D eigenvalue weighted by molar-refractivity contribution is 0.0483. The molecule has 1 saturated carbocycles. The van der Waals surface area contributed by atoms with Crippen LogP contribution in [-0.2, 0) is 4.74 Å². The molecule has 2 fully saturated rings. The zero-order valence-corrected chi connectivity index (χ0v) is 20.8. The molecule has 2 heterocycles. The summed E-state index contributed by atoms with van der Waals surface area (Å²) in [6, 6.07) is 5.44. The number of nitrogens with one attached hydrogen (secondary N) is 2. The Balaban J connectivity index is 1.69. The summed E-state index contributed by atoms with van der Waals surface area (Å²) < 4.78 is 25.2. The van der Waals surface area contributed by atoms with Crippen molar-refractivity contribution < 1.29 is 13.9 Å². The molecule has 0 spiro atoms. The highest BCUT2D eigenvalue weighted by Crippen LogP contribution is 2.33. The molecule has 192 valence electrons. The minimum atomic E-state index is -0.474. The van der Waals surface area contributed by atoms with Gasteiger partial charge < -0.3 is 30.7 Å². The molecule has 35 heavy (non-hydrogen) atoms. The van der Waals surface area contributed by atoms with Crippen molar-refractivity contribution >= 4 is 23.5 Å². The first-order valence-corrected chi connectivity index (χ1v) is 12.8. The van der Waals surface area contributed by atoms with E-state index in [9.17, 15) is 4.39 Å². The van der Waals surface area contributed by atoms with Gasteiger partial charge in [0.25, 0.3) is 0 Å². The molecule has 1 aliphatic heterocycles. The third-order valence-electron chi connectivity index (χ3n) is 6.88. The lowest BCUT2D eigenvalue weighted by Crippen LogP contribution is -2.46. The molecule has 1 aromatic carbocycles. The van der Waals surface area contributed by atoms with Crippen molar-refractivity contribution in [3.05, 3.63) is 24.0 Å². The van der Waals surface area contributed by atoms with Crippen LogP contribution in [0.15, 0.2) is 18.2 Å². The van der Waals surface area contributed by atoms with Crippen LogP contribution in [0.25, 0.3) is 0 Å². The Labute approximate surface area is 207 Å². The molecule has 10 heteroatoms. The summed E-state index contributed by atoms with van der Waals surface area (Å²) in [4.78, 5) is 15.7. The van der Waals surface area contributed by atoms with Gasteiger partial charge in [0, 0.05) is 30.9 Å². The Kier molecular flexibility index (Phi) is 8.92. The second kappa shape index (κ2) is 12.3. The van der Waals surface area contributed by atoms with Crippen LogP contribution >= 0.6 is 0 Å². The fourth-order valence-corrected chi connectivity index (χ4v) is 5.18. The van der Waals surface area contributed by atoms with Crippen LogP contribution in [0.2, 0.25) is 0 Å². The molecule has 0 radical (unpaired) electrons. The number of anilines is 4. The number of methoxy groups -OCH3 is 1. The second-order valence-corrected chi connectivity index (χ2v) is 9.36. The molecule has 2 aliphatic rings. The van der Waals surface area contributed by atoms with Gasteiger partial charge in [-0.15, -0.1) is 0 Å². The summed E-state index contributed by atoms with van der Waals surface area (Å²) in [5, 5.41) is 7.07. The molecule has 0 amide bonds. The number of halogens is 1. The number of benzene rings is 1. The van der Waals surface area contributed by atoms with E-state index in [-0.39, 0.29) is 30.6 Å². The van der Waals surface area contributed by atoms with Crippen LogP contribution in [-0.4, -0.2) is 53.5 Å². The normalized spacial score (nSPS) is 19.8. The third-order valence-corrected chi connectivity index (χ3v) is 6.88. The van der Waals surface area contributed by atoms with E-state index in [0.29, 0.717) is 23.6 Å². The SMILES string of the molecule is CCC(C1CCCN1)N(c1ccc(OCOC)c(F)c1)c1nc(N)nc(NC2CCCCCC2)n1. The van der Waals surface area contributed by atoms with Crippen LogP contribution in [0.4, 0.5) is 27.9 Å². The topological polar surface area (TPSA) is 110 Å². The summed E-state index contributed by atoms with van der Waals surface area (Å²) in [6.07, 6.45) is 10.0. The standard InChI is InChI=1S/C25H38FN7O2/c1-3-21(20-11-8-14-28-20)33(18-12-13-22(19(26)15-18)35-16-34-2)25-31-23(27)30-24(32-25)29-17-9-6-4-5-7-10-17/h12-13,15,17,20-21,28H,3-11,14,16H2,1-2H3,(H3,27,29,30,31,32). The molecule has 1 aliphatic carbocycles. The van der Waals surface area contributed by atoms with Gasteiger partial charge in [-0.3, -0.25) is 0 Å². The zero-order chi connectivity index (χ0) is 24.6. The highest BCUT2D eigenvalue weighted by molar-refractivity contribution is 5.62. The van der Waals surface area contributed by atoms with E-state index in [1.165, 1.54) is 38.9 Å². The highest BCUT2D eigenvalue weighted by Gasteiger charge is 2.32. The van der Waals surface area contributed by atoms with E-state index in [2.05, 4.69) is 27.5 Å². The van der Waals surface area contributed by atoms with Gasteiger partial charge in [-0.2, -0.15) is 15.0 Å². The van der Waals surface area contributed by atoms with Gasteiger partial charge >= 0.3 is 0 Å². The number of hydrogen-bond acceptors (Lipinski definition) is 9. The third kappa shape index (κ3) is 6.49. The maximum Gasteiger partial charge on any atom is 0.236 e. The molecule has 9 nitrogen and oxygen atoms in total. The highest BCUT2D eigenvalue weighted by atomic mass is 19.1. The lowest BCUT2D eigenvalue weighted by Gasteiger charge is -2.35. The van der Waals surface area contributed by atoms with Crippen LogP contribution in [0.1, 0.15) is 64.7 Å². The Morgan fingerprint density at radius 2 is 1.94 bits per heavy atom. The van der Waals surface area contributed by atoms with E-state index < -0.39 is 5.82 Å². The second-order valence-electron chi connectivity index (χ2n) is 9.36. The molecule has 2 atom stereocenters. The quantitative estimate of drug-likeness (QED) is 0.332. The van der Waals surface area contributed by atoms with Crippen molar-refractivity contribution in [2.75, 3.05) is 36.4 Å². The Morgan fingerprint density at radius 1 is 1.14 bits per heavy atom. The van der Waals surface area contributed by atoms with Crippen molar-refractivity contribution in [3.63, 3.8) is 0 Å². The molecular formula is C25H38FN7O2. The van der Waals surface area contributed by atoms with Crippen molar-refractivity contribution in [2.24, 2.45) is 0 Å². The number of ether oxygens (including phenoxy) is 2. The minimum Gasteiger partial charge on any atom is -0.464 e. The molecule has 1 saturated heterocycles. The van der Waals surface area contributed by atoms with Crippen molar-refractivity contribution in [1.82, 2.24) is 20.3 Å². The number of nitrogen functional groups attached to an aromatic ring is 1. The fraction of sp³-hybridized carbons (Fsp3) is 0.640. The Hall–Kier alpha value is -2.72. The van der Waals surface area contributed by atoms with E-state index in [1.807, 2.05) is 11.0 Å². The Morgan fingerprint density at radius 3 is 2.60 bits per heavy atom. The fourth-order valence-electron chi connectivity index (χ4n) is 5.18. The van der Waals surface area contributed by atoms with Gasteiger partial charge in [0.2, 0.25) is 17.8 Å². The maximum absolute atomic E-state index is 15.0. The largest absolute Gasteiger partial charge is 0.464 e. The van der Waals surface area contributed by atoms with Gasteiger partial charge in [0.1, 0.15) is 0 Å². The predicted molar refractivity (Wildman–Crippen MR) is 135 cm³/mol. The predicted octanol–water partition coefficient (Wildman–Crippen LogP) is 4.38. The average Bonchev–Trinajstić information content (AvgIpc) is 3.25. The Bertz CT molecular complexity index is 949. The lowest BCUT2D eigenvalue weighted by atomic mass is 10.0. The zero-order valence-electron chi connectivity index (χ0n) is 20.8.